The summed E-state index contributed by atoms with van der Waals surface area (Å²) in [5.74, 6) is 0. The first-order valence-electron chi connectivity index (χ1n) is 2.15. The predicted octanol–water partition coefficient (Wildman–Crippen LogP) is -3.09. The molecule has 0 unspecified atom stereocenters. The third-order valence-corrected chi connectivity index (χ3v) is 0.776. The molecule has 3 heteroatoms. The summed E-state index contributed by atoms with van der Waals surface area (Å²) in [7, 11) is 1.96. The van der Waals surface area contributed by atoms with E-state index in [1.807, 2.05) is 24.0 Å². The first-order valence-corrected chi connectivity index (χ1v) is 2.15. The van der Waals surface area contributed by atoms with Crippen LogP contribution in [-0.4, -0.2) is 4.98 Å². The van der Waals surface area contributed by atoms with E-state index in [0.29, 0.717) is 0 Å². The van der Waals surface area contributed by atoms with E-state index in [1.165, 1.54) is 0 Å². The Labute approximate surface area is 65.6 Å². The molecule has 1 aromatic heterocycles. The number of hydrogen-bond acceptors (Lipinski definition) is 1. The molecule has 0 fully saturated rings. The molecule has 0 aliphatic carbocycles. The van der Waals surface area contributed by atoms with E-state index in [2.05, 4.69) is 4.98 Å². The molecule has 2 nitrogen and oxygen atoms in total. The van der Waals surface area contributed by atoms with Gasteiger partial charge in [0.05, 0.1) is 12.4 Å². The predicted molar refractivity (Wildman–Crippen MR) is 25.4 cm³/mol. The fourth-order valence-electron chi connectivity index (χ4n) is 0.387. The van der Waals surface area contributed by atoms with Crippen molar-refractivity contribution in [2.45, 2.75) is 0 Å². The summed E-state index contributed by atoms with van der Waals surface area (Å²) in [5.41, 5.74) is 0. The summed E-state index contributed by atoms with van der Waals surface area (Å²) < 4.78 is 1.94. The van der Waals surface area contributed by atoms with Gasteiger partial charge in [-0.15, -0.1) is 0 Å². The minimum atomic E-state index is 0. The van der Waals surface area contributed by atoms with Gasteiger partial charge in [0.25, 0.3) is 0 Å². The van der Waals surface area contributed by atoms with Gasteiger partial charge in [-0.05, 0) is 0 Å². The molecule has 0 spiro atoms. The smallest absolute Gasteiger partial charge is 0.186 e. The van der Waals surface area contributed by atoms with Crippen LogP contribution >= 0.6 is 0 Å². The highest BCUT2D eigenvalue weighted by atomic mass is 127. The zero-order valence-electron chi connectivity index (χ0n) is 4.58. The van der Waals surface area contributed by atoms with Crippen LogP contribution in [0.5, 0.6) is 0 Å². The molecule has 8 heavy (non-hydrogen) atoms. The molecule has 1 aromatic rings. The van der Waals surface area contributed by atoms with Crippen LogP contribution in [0.4, 0.5) is 0 Å². The summed E-state index contributed by atoms with van der Waals surface area (Å²) in [5, 5.41) is 0. The zero-order valence-corrected chi connectivity index (χ0v) is 6.74. The Hall–Kier alpha value is -0.190. The largest absolute Gasteiger partial charge is 1.00 e. The Morgan fingerprint density at radius 3 is 2.00 bits per heavy atom. The lowest BCUT2D eigenvalue weighted by Gasteiger charge is -1.77. The molecule has 0 saturated carbocycles. The molecule has 0 aliphatic heterocycles. The number of nitrogens with zero attached hydrogens (tertiary/aromatic N) is 2. The van der Waals surface area contributed by atoms with Gasteiger partial charge in [0.2, 0.25) is 0 Å². The lowest BCUT2D eigenvalue weighted by Crippen LogP contribution is -3.00. The minimum Gasteiger partial charge on any atom is -1.00 e. The third kappa shape index (κ3) is 2.20. The van der Waals surface area contributed by atoms with Crippen LogP contribution in [0.25, 0.3) is 0 Å². The molecular formula is C5H7IN2. The molecule has 0 amide bonds. The monoisotopic (exact) mass is 222 g/mol. The normalized spacial score (nSPS) is 7.62. The van der Waals surface area contributed by atoms with Crippen molar-refractivity contribution in [3.63, 3.8) is 0 Å². The zero-order chi connectivity index (χ0) is 5.11. The van der Waals surface area contributed by atoms with Crippen LogP contribution in [0.2, 0.25) is 0 Å². The van der Waals surface area contributed by atoms with Crippen LogP contribution in [0.1, 0.15) is 0 Å². The molecule has 44 valence electrons. The van der Waals surface area contributed by atoms with Gasteiger partial charge in [0, 0.05) is 0 Å². The Balaban J connectivity index is 0.000000490. The summed E-state index contributed by atoms with van der Waals surface area (Å²) >= 11 is 0. The maximum absolute atomic E-state index is 3.82. The van der Waals surface area contributed by atoms with E-state index in [-0.39, 0.29) is 24.0 Å². The standard InChI is InChI=1S/C5H7N2.HI/c1-7-4-2-6-3-5-7;/h2-5H,1H3;1H/q+1;/p-1. The lowest BCUT2D eigenvalue weighted by molar-refractivity contribution is -0.672. The molecule has 1 rings (SSSR count). The third-order valence-electron chi connectivity index (χ3n) is 0.776. The van der Waals surface area contributed by atoms with Crippen LogP contribution in [0.3, 0.4) is 0 Å². The van der Waals surface area contributed by atoms with Crippen molar-refractivity contribution in [1.82, 2.24) is 4.98 Å². The average molecular weight is 222 g/mol. The summed E-state index contributed by atoms with van der Waals surface area (Å²) in [4.78, 5) is 3.82. The van der Waals surface area contributed by atoms with E-state index >= 15 is 0 Å². The van der Waals surface area contributed by atoms with Gasteiger partial charge in [0.1, 0.15) is 7.05 Å². The second-order valence-electron chi connectivity index (χ2n) is 1.41. The Morgan fingerprint density at radius 2 is 1.75 bits per heavy atom. The lowest BCUT2D eigenvalue weighted by atomic mass is 10.7. The van der Waals surface area contributed by atoms with E-state index in [9.17, 15) is 0 Å². The number of aryl methyl sites for hydroxylation is 1. The second kappa shape index (κ2) is 3.77. The fraction of sp³-hybridized carbons (Fsp3) is 0.200. The van der Waals surface area contributed by atoms with Crippen molar-refractivity contribution in [3.8, 4) is 0 Å². The number of rotatable bonds is 0. The van der Waals surface area contributed by atoms with E-state index < -0.39 is 0 Å². The molecule has 0 aliphatic rings. The first kappa shape index (κ1) is 7.81. The molecule has 0 N–H and O–H groups in total. The van der Waals surface area contributed by atoms with Crippen molar-refractivity contribution in [2.24, 2.45) is 7.05 Å². The van der Waals surface area contributed by atoms with Crippen molar-refractivity contribution in [3.05, 3.63) is 24.8 Å². The van der Waals surface area contributed by atoms with Gasteiger partial charge in [-0.3, -0.25) is 4.98 Å². The van der Waals surface area contributed by atoms with Gasteiger partial charge in [0.15, 0.2) is 12.4 Å². The van der Waals surface area contributed by atoms with Crippen molar-refractivity contribution < 1.29 is 28.5 Å². The van der Waals surface area contributed by atoms with E-state index in [1.54, 1.807) is 12.4 Å². The van der Waals surface area contributed by atoms with Gasteiger partial charge in [-0.1, -0.05) is 0 Å². The Bertz CT molecular complexity index is 140. The van der Waals surface area contributed by atoms with Gasteiger partial charge >= 0.3 is 0 Å². The first-order chi connectivity index (χ1) is 3.39. The summed E-state index contributed by atoms with van der Waals surface area (Å²) in [6.07, 6.45) is 7.28. The number of halogens is 1. The van der Waals surface area contributed by atoms with Gasteiger partial charge < -0.3 is 24.0 Å². The molecule has 1 heterocycles. The van der Waals surface area contributed by atoms with Crippen molar-refractivity contribution in [1.29, 1.82) is 0 Å². The van der Waals surface area contributed by atoms with Gasteiger partial charge in [-0.2, -0.15) is 0 Å². The molecular weight excluding hydrogens is 215 g/mol. The Morgan fingerprint density at radius 1 is 1.25 bits per heavy atom. The van der Waals surface area contributed by atoms with Crippen LogP contribution in [0.15, 0.2) is 24.8 Å². The summed E-state index contributed by atoms with van der Waals surface area (Å²) in [6, 6.07) is 0. The van der Waals surface area contributed by atoms with Crippen LogP contribution in [0, 0.1) is 0 Å². The maximum Gasteiger partial charge on any atom is 0.186 e. The van der Waals surface area contributed by atoms with Crippen molar-refractivity contribution >= 4 is 0 Å². The quantitative estimate of drug-likeness (QED) is 0.336. The SMILES string of the molecule is C[n+]1ccncc1.[I-]. The summed E-state index contributed by atoms with van der Waals surface area (Å²) in [6.45, 7) is 0. The number of aromatic nitrogens is 2. The van der Waals surface area contributed by atoms with E-state index in [4.69, 9.17) is 0 Å². The topological polar surface area (TPSA) is 16.8 Å². The van der Waals surface area contributed by atoms with E-state index in [0.717, 1.165) is 0 Å². The molecule has 0 atom stereocenters. The highest BCUT2D eigenvalue weighted by molar-refractivity contribution is 4.61. The average Bonchev–Trinajstić information content (AvgIpc) is 1.69. The Kier molecular flexibility index (Phi) is 3.68. The minimum absolute atomic E-state index is 0. The van der Waals surface area contributed by atoms with Crippen LogP contribution in [-0.2, 0) is 7.05 Å². The maximum atomic E-state index is 3.82. The highest BCUT2D eigenvalue weighted by Crippen LogP contribution is 1.63. The van der Waals surface area contributed by atoms with Crippen molar-refractivity contribution in [2.75, 3.05) is 0 Å². The second-order valence-corrected chi connectivity index (χ2v) is 1.41. The number of hydrogen-bond donors (Lipinski definition) is 0. The molecule has 0 bridgehead atoms. The van der Waals surface area contributed by atoms with Gasteiger partial charge in [-0.25, -0.2) is 4.57 Å². The molecule has 0 radical (unpaired) electrons. The molecule has 0 aromatic carbocycles. The fourth-order valence-corrected chi connectivity index (χ4v) is 0.387. The highest BCUT2D eigenvalue weighted by Gasteiger charge is 1.79. The van der Waals surface area contributed by atoms with Crippen LogP contribution < -0.4 is 28.5 Å². The molecule has 0 saturated heterocycles.